The Balaban J connectivity index is 3.01. The smallest absolute Gasteiger partial charge is 0.130 e. The van der Waals surface area contributed by atoms with Gasteiger partial charge in [-0.15, -0.1) is 0 Å². The van der Waals surface area contributed by atoms with E-state index in [1.165, 1.54) is 0 Å². The van der Waals surface area contributed by atoms with Crippen molar-refractivity contribution >= 4 is 6.29 Å². The number of benzene rings is 1. The molecule has 0 fully saturated rings. The van der Waals surface area contributed by atoms with Crippen LogP contribution in [0.25, 0.3) is 0 Å². The van der Waals surface area contributed by atoms with E-state index in [1.807, 2.05) is 38.1 Å². The van der Waals surface area contributed by atoms with E-state index in [9.17, 15) is 4.79 Å². The van der Waals surface area contributed by atoms with E-state index >= 15 is 0 Å². The van der Waals surface area contributed by atoms with Crippen LogP contribution >= 0.6 is 0 Å². The molecule has 1 aromatic rings. The summed E-state index contributed by atoms with van der Waals surface area (Å²) >= 11 is 0. The van der Waals surface area contributed by atoms with E-state index in [0.29, 0.717) is 0 Å². The molecule has 76 valence electrons. The fourth-order valence-corrected chi connectivity index (χ4v) is 1.33. The van der Waals surface area contributed by atoms with Crippen molar-refractivity contribution in [2.75, 3.05) is 7.11 Å². The van der Waals surface area contributed by atoms with Crippen molar-refractivity contribution in [2.45, 2.75) is 25.7 Å². The van der Waals surface area contributed by atoms with Crippen LogP contribution in [0.5, 0.6) is 5.75 Å². The van der Waals surface area contributed by atoms with Crippen LogP contribution < -0.4 is 4.74 Å². The highest BCUT2D eigenvalue weighted by Crippen LogP contribution is 2.26. The first-order valence-electron chi connectivity index (χ1n) is 4.77. The number of hydrogen-bond donors (Lipinski definition) is 0. The van der Waals surface area contributed by atoms with E-state index in [4.69, 9.17) is 4.74 Å². The summed E-state index contributed by atoms with van der Waals surface area (Å²) in [4.78, 5) is 11.0. The highest BCUT2D eigenvalue weighted by molar-refractivity contribution is 5.67. The number of carbonyl (C=O) groups is 1. The molecule has 0 aliphatic heterocycles. The normalized spacial score (nSPS) is 14.5. The maximum absolute atomic E-state index is 11.0. The van der Waals surface area contributed by atoms with E-state index in [2.05, 4.69) is 0 Å². The zero-order chi connectivity index (χ0) is 10.6. The van der Waals surface area contributed by atoms with Crippen molar-refractivity contribution in [1.82, 2.24) is 0 Å². The third-order valence-electron chi connectivity index (χ3n) is 2.74. The van der Waals surface area contributed by atoms with Crippen molar-refractivity contribution in [1.29, 1.82) is 0 Å². The van der Waals surface area contributed by atoms with Gasteiger partial charge in [0.15, 0.2) is 0 Å². The molecule has 0 saturated carbocycles. The molecule has 1 rings (SSSR count). The molecule has 0 N–H and O–H groups in total. The average Bonchev–Trinajstić information content (AvgIpc) is 2.28. The number of rotatable bonds is 4. The molecule has 0 amide bonds. The van der Waals surface area contributed by atoms with E-state index < -0.39 is 0 Å². The first kappa shape index (κ1) is 10.8. The molecule has 0 spiro atoms. The first-order valence-corrected chi connectivity index (χ1v) is 4.77. The maximum atomic E-state index is 11.0. The summed E-state index contributed by atoms with van der Waals surface area (Å²) in [5.41, 5.74) is 0.669. The van der Waals surface area contributed by atoms with Crippen LogP contribution in [0.15, 0.2) is 24.3 Å². The van der Waals surface area contributed by atoms with E-state index in [0.717, 1.165) is 24.0 Å². The van der Waals surface area contributed by atoms with Gasteiger partial charge >= 0.3 is 0 Å². The highest BCUT2D eigenvalue weighted by Gasteiger charge is 2.23. The lowest BCUT2D eigenvalue weighted by molar-refractivity contribution is -0.112. The lowest BCUT2D eigenvalue weighted by Crippen LogP contribution is -2.22. The van der Waals surface area contributed by atoms with Gasteiger partial charge in [0.05, 0.1) is 7.11 Å². The molecule has 0 saturated heterocycles. The second-order valence-electron chi connectivity index (χ2n) is 3.62. The summed E-state index contributed by atoms with van der Waals surface area (Å²) in [7, 11) is 1.63. The Morgan fingerprint density at radius 2 is 1.93 bits per heavy atom. The van der Waals surface area contributed by atoms with Gasteiger partial charge in [-0.1, -0.05) is 19.1 Å². The van der Waals surface area contributed by atoms with Crippen molar-refractivity contribution in [3.8, 4) is 5.75 Å². The van der Waals surface area contributed by atoms with Gasteiger partial charge in [0, 0.05) is 5.41 Å². The summed E-state index contributed by atoms with van der Waals surface area (Å²) in [5.74, 6) is 0.818. The Labute approximate surface area is 84.9 Å². The van der Waals surface area contributed by atoms with Gasteiger partial charge in [-0.25, -0.2) is 0 Å². The standard InChI is InChI=1S/C12H16O2/c1-4-12(2,9-13)10-5-7-11(14-3)8-6-10/h5-9H,4H2,1-3H3. The average molecular weight is 192 g/mol. The molecule has 1 unspecified atom stereocenters. The number of carbonyl (C=O) groups excluding carboxylic acids is 1. The second-order valence-corrected chi connectivity index (χ2v) is 3.62. The van der Waals surface area contributed by atoms with Crippen LogP contribution in [-0.4, -0.2) is 13.4 Å². The summed E-state index contributed by atoms with van der Waals surface area (Å²) < 4.78 is 5.06. The molecule has 2 heteroatoms. The molecule has 2 nitrogen and oxygen atoms in total. The molecule has 0 radical (unpaired) electrons. The minimum Gasteiger partial charge on any atom is -0.497 e. The highest BCUT2D eigenvalue weighted by atomic mass is 16.5. The Morgan fingerprint density at radius 1 is 1.36 bits per heavy atom. The molecule has 0 bridgehead atoms. The second kappa shape index (κ2) is 4.27. The third-order valence-corrected chi connectivity index (χ3v) is 2.74. The maximum Gasteiger partial charge on any atom is 0.130 e. The summed E-state index contributed by atoms with van der Waals surface area (Å²) in [6, 6.07) is 7.65. The van der Waals surface area contributed by atoms with Gasteiger partial charge in [0.1, 0.15) is 12.0 Å². The van der Waals surface area contributed by atoms with Crippen molar-refractivity contribution < 1.29 is 9.53 Å². The van der Waals surface area contributed by atoms with Crippen molar-refractivity contribution in [3.63, 3.8) is 0 Å². The number of ether oxygens (including phenoxy) is 1. The predicted molar refractivity (Wildman–Crippen MR) is 56.7 cm³/mol. The lowest BCUT2D eigenvalue weighted by Gasteiger charge is -2.21. The molecule has 0 aromatic heterocycles. The fraction of sp³-hybridized carbons (Fsp3) is 0.417. The van der Waals surface area contributed by atoms with Crippen LogP contribution in [0, 0.1) is 0 Å². The van der Waals surface area contributed by atoms with Crippen LogP contribution in [0.3, 0.4) is 0 Å². The topological polar surface area (TPSA) is 26.3 Å². The minimum atomic E-state index is -0.369. The van der Waals surface area contributed by atoms with Crippen molar-refractivity contribution in [3.05, 3.63) is 29.8 Å². The monoisotopic (exact) mass is 192 g/mol. The van der Waals surface area contributed by atoms with Gasteiger partial charge < -0.3 is 9.53 Å². The zero-order valence-electron chi connectivity index (χ0n) is 8.91. The number of hydrogen-bond acceptors (Lipinski definition) is 2. The quantitative estimate of drug-likeness (QED) is 0.685. The number of aldehydes is 1. The van der Waals surface area contributed by atoms with E-state index in [-0.39, 0.29) is 5.41 Å². The van der Waals surface area contributed by atoms with Crippen LogP contribution in [0.4, 0.5) is 0 Å². The first-order chi connectivity index (χ1) is 6.66. The summed E-state index contributed by atoms with van der Waals surface area (Å²) in [6.07, 6.45) is 1.82. The van der Waals surface area contributed by atoms with Crippen LogP contribution in [0.2, 0.25) is 0 Å². The molecule has 1 aromatic carbocycles. The molecule has 0 aliphatic rings. The summed E-state index contributed by atoms with van der Waals surface area (Å²) in [6.45, 7) is 3.96. The van der Waals surface area contributed by atoms with Gasteiger partial charge in [-0.05, 0) is 31.0 Å². The predicted octanol–water partition coefficient (Wildman–Crippen LogP) is 2.56. The third kappa shape index (κ3) is 1.95. The van der Waals surface area contributed by atoms with E-state index in [1.54, 1.807) is 7.11 Å². The fourth-order valence-electron chi connectivity index (χ4n) is 1.33. The largest absolute Gasteiger partial charge is 0.497 e. The van der Waals surface area contributed by atoms with Crippen LogP contribution in [0.1, 0.15) is 25.8 Å². The molecule has 0 heterocycles. The Kier molecular flexibility index (Phi) is 3.28. The minimum absolute atomic E-state index is 0.369. The Bertz CT molecular complexity index is 303. The molecule has 1 atom stereocenters. The zero-order valence-corrected chi connectivity index (χ0v) is 8.91. The molecule has 0 aliphatic carbocycles. The van der Waals surface area contributed by atoms with Gasteiger partial charge in [-0.2, -0.15) is 0 Å². The van der Waals surface area contributed by atoms with Crippen LogP contribution in [-0.2, 0) is 10.2 Å². The molecule has 14 heavy (non-hydrogen) atoms. The van der Waals surface area contributed by atoms with Gasteiger partial charge in [0.25, 0.3) is 0 Å². The summed E-state index contributed by atoms with van der Waals surface area (Å²) in [5, 5.41) is 0. The van der Waals surface area contributed by atoms with Gasteiger partial charge in [0.2, 0.25) is 0 Å². The Hall–Kier alpha value is -1.31. The SMILES string of the molecule is CCC(C)(C=O)c1ccc(OC)cc1. The molecular weight excluding hydrogens is 176 g/mol. The Morgan fingerprint density at radius 3 is 2.29 bits per heavy atom. The van der Waals surface area contributed by atoms with Crippen molar-refractivity contribution in [2.24, 2.45) is 0 Å². The molecular formula is C12H16O2. The lowest BCUT2D eigenvalue weighted by atomic mass is 9.82. The number of methoxy groups -OCH3 is 1. The van der Waals surface area contributed by atoms with Gasteiger partial charge in [-0.3, -0.25) is 0 Å².